The zero-order valence-corrected chi connectivity index (χ0v) is 14.6. The van der Waals surface area contributed by atoms with Gasteiger partial charge in [0.2, 0.25) is 0 Å². The second kappa shape index (κ2) is 7.77. The van der Waals surface area contributed by atoms with Crippen molar-refractivity contribution in [2.75, 3.05) is 6.26 Å². The largest absolute Gasteiger partial charge is 0.271 e. The number of aliphatic imine (C=N–C) groups is 1. The Bertz CT molecular complexity index is 895. The summed E-state index contributed by atoms with van der Waals surface area (Å²) in [6.07, 6.45) is 3.77. The normalized spacial score (nSPS) is 11.1. The van der Waals surface area contributed by atoms with E-state index < -0.39 is 0 Å². The average molecular weight is 350 g/mol. The SMILES string of the molecule is CSC(=Nc1cccc(-c2nc(-c3ccccc3)cs2)c1)NC#N. The lowest BCUT2D eigenvalue weighted by Gasteiger charge is -2.02. The molecule has 0 spiro atoms. The average Bonchev–Trinajstić information content (AvgIpc) is 3.12. The molecule has 0 aliphatic carbocycles. The van der Waals surface area contributed by atoms with Gasteiger partial charge in [-0.2, -0.15) is 5.26 Å². The number of nitrogens with one attached hydrogen (secondary N) is 1. The molecular weight excluding hydrogens is 336 g/mol. The molecule has 4 nitrogen and oxygen atoms in total. The molecule has 6 heteroatoms. The lowest BCUT2D eigenvalue weighted by molar-refractivity contribution is 1.28. The van der Waals surface area contributed by atoms with Gasteiger partial charge in [-0.1, -0.05) is 54.2 Å². The minimum absolute atomic E-state index is 0.568. The van der Waals surface area contributed by atoms with Gasteiger partial charge in [-0.25, -0.2) is 9.98 Å². The number of nitrogens with zero attached hydrogens (tertiary/aromatic N) is 3. The van der Waals surface area contributed by atoms with Crippen LogP contribution in [0.4, 0.5) is 5.69 Å². The number of nitriles is 1. The Kier molecular flexibility index (Phi) is 5.26. The van der Waals surface area contributed by atoms with Crippen molar-refractivity contribution in [2.45, 2.75) is 0 Å². The van der Waals surface area contributed by atoms with Crippen LogP contribution in [0.15, 0.2) is 65.0 Å². The van der Waals surface area contributed by atoms with Gasteiger partial charge >= 0.3 is 0 Å². The molecular formula is C18H14N4S2. The highest BCUT2D eigenvalue weighted by atomic mass is 32.2. The molecule has 0 aliphatic heterocycles. The molecule has 0 saturated heterocycles. The Morgan fingerprint density at radius 2 is 1.96 bits per heavy atom. The van der Waals surface area contributed by atoms with Gasteiger partial charge in [-0.15, -0.1) is 11.3 Å². The summed E-state index contributed by atoms with van der Waals surface area (Å²) in [6, 6.07) is 18.0. The third-order valence-electron chi connectivity index (χ3n) is 3.25. The molecule has 0 aliphatic rings. The quantitative estimate of drug-likeness (QED) is 0.316. The molecule has 0 radical (unpaired) electrons. The first-order chi connectivity index (χ1) is 11.8. The third kappa shape index (κ3) is 3.82. The lowest BCUT2D eigenvalue weighted by Crippen LogP contribution is -2.12. The van der Waals surface area contributed by atoms with E-state index in [-0.39, 0.29) is 0 Å². The van der Waals surface area contributed by atoms with Gasteiger partial charge in [-0.3, -0.25) is 5.32 Å². The highest BCUT2D eigenvalue weighted by Gasteiger charge is 2.07. The van der Waals surface area contributed by atoms with Crippen molar-refractivity contribution in [2.24, 2.45) is 4.99 Å². The van der Waals surface area contributed by atoms with E-state index in [4.69, 9.17) is 10.2 Å². The number of hydrogen-bond acceptors (Lipinski definition) is 5. The Morgan fingerprint density at radius 3 is 2.71 bits per heavy atom. The van der Waals surface area contributed by atoms with Crippen LogP contribution in [0.1, 0.15) is 0 Å². The number of aromatic nitrogens is 1. The van der Waals surface area contributed by atoms with Crippen molar-refractivity contribution >= 4 is 34.0 Å². The van der Waals surface area contributed by atoms with Crippen molar-refractivity contribution in [1.29, 1.82) is 5.26 Å². The minimum atomic E-state index is 0.568. The van der Waals surface area contributed by atoms with Crippen LogP contribution in [0, 0.1) is 11.5 Å². The lowest BCUT2D eigenvalue weighted by atomic mass is 10.2. The number of thioether (sulfide) groups is 1. The van der Waals surface area contributed by atoms with E-state index >= 15 is 0 Å². The molecule has 3 rings (SSSR count). The Hall–Kier alpha value is -2.62. The molecule has 3 aromatic rings. The zero-order chi connectivity index (χ0) is 16.8. The maximum Gasteiger partial charge on any atom is 0.183 e. The van der Waals surface area contributed by atoms with Crippen molar-refractivity contribution in [3.63, 3.8) is 0 Å². The summed E-state index contributed by atoms with van der Waals surface area (Å²) < 4.78 is 0. The molecule has 0 amide bonds. The monoisotopic (exact) mass is 350 g/mol. The fourth-order valence-electron chi connectivity index (χ4n) is 2.15. The van der Waals surface area contributed by atoms with Gasteiger partial charge in [-0.05, 0) is 18.4 Å². The molecule has 0 atom stereocenters. The van der Waals surface area contributed by atoms with Gasteiger partial charge in [0.15, 0.2) is 11.4 Å². The minimum Gasteiger partial charge on any atom is -0.271 e. The van der Waals surface area contributed by atoms with Crippen LogP contribution in [0.5, 0.6) is 0 Å². The Labute approximate surface area is 148 Å². The molecule has 1 heterocycles. The number of hydrogen-bond donors (Lipinski definition) is 1. The number of thiazole rings is 1. The number of amidine groups is 1. The van der Waals surface area contributed by atoms with Crippen molar-refractivity contribution in [1.82, 2.24) is 10.3 Å². The van der Waals surface area contributed by atoms with E-state index in [1.165, 1.54) is 11.8 Å². The summed E-state index contributed by atoms with van der Waals surface area (Å²) in [7, 11) is 0. The smallest absolute Gasteiger partial charge is 0.183 e. The van der Waals surface area contributed by atoms with E-state index in [1.54, 1.807) is 11.3 Å². The molecule has 24 heavy (non-hydrogen) atoms. The Morgan fingerprint density at radius 1 is 1.17 bits per heavy atom. The maximum atomic E-state index is 8.73. The highest BCUT2D eigenvalue weighted by Crippen LogP contribution is 2.30. The fourth-order valence-corrected chi connectivity index (χ4v) is 3.32. The van der Waals surface area contributed by atoms with E-state index in [0.29, 0.717) is 5.17 Å². The molecule has 1 N–H and O–H groups in total. The first kappa shape index (κ1) is 16.2. The first-order valence-corrected chi connectivity index (χ1v) is 9.30. The van der Waals surface area contributed by atoms with Crippen LogP contribution >= 0.6 is 23.1 Å². The van der Waals surface area contributed by atoms with Gasteiger partial charge in [0.25, 0.3) is 0 Å². The number of rotatable bonds is 3. The van der Waals surface area contributed by atoms with Gasteiger partial charge in [0.1, 0.15) is 5.01 Å². The fraction of sp³-hybridized carbons (Fsp3) is 0.0556. The van der Waals surface area contributed by atoms with Gasteiger partial charge in [0, 0.05) is 16.5 Å². The van der Waals surface area contributed by atoms with Crippen LogP contribution in [0.2, 0.25) is 0 Å². The van der Waals surface area contributed by atoms with Crippen LogP contribution in [-0.2, 0) is 0 Å². The van der Waals surface area contributed by atoms with Crippen LogP contribution in [0.25, 0.3) is 21.8 Å². The van der Waals surface area contributed by atoms with Crippen molar-refractivity contribution in [3.8, 4) is 28.0 Å². The summed E-state index contributed by atoms with van der Waals surface area (Å²) in [6.45, 7) is 0. The number of benzene rings is 2. The summed E-state index contributed by atoms with van der Waals surface area (Å²) in [4.78, 5) is 9.17. The van der Waals surface area contributed by atoms with Gasteiger partial charge < -0.3 is 0 Å². The van der Waals surface area contributed by atoms with Gasteiger partial charge in [0.05, 0.1) is 11.4 Å². The summed E-state index contributed by atoms with van der Waals surface area (Å²) in [5, 5.41) is 14.9. The summed E-state index contributed by atoms with van der Waals surface area (Å²) >= 11 is 3.00. The molecule has 0 unspecified atom stereocenters. The predicted octanol–water partition coefficient (Wildman–Crippen LogP) is 4.90. The maximum absolute atomic E-state index is 8.73. The van der Waals surface area contributed by atoms with Crippen LogP contribution in [-0.4, -0.2) is 16.4 Å². The van der Waals surface area contributed by atoms with E-state index in [1.807, 2.05) is 54.9 Å². The van der Waals surface area contributed by atoms with Crippen molar-refractivity contribution in [3.05, 3.63) is 60.0 Å². The zero-order valence-electron chi connectivity index (χ0n) is 12.9. The topological polar surface area (TPSA) is 61.1 Å². The third-order valence-corrected chi connectivity index (χ3v) is 4.73. The standard InChI is InChI=1S/C18H14N4S2/c1-23-18(20-12-19)21-15-9-5-8-14(10-15)17-22-16(11-24-17)13-6-3-2-4-7-13/h2-11H,1H3,(H,20,21). The predicted molar refractivity (Wildman–Crippen MR) is 102 cm³/mol. The first-order valence-electron chi connectivity index (χ1n) is 7.19. The van der Waals surface area contributed by atoms with E-state index in [2.05, 4.69) is 27.8 Å². The molecule has 1 aromatic heterocycles. The molecule has 118 valence electrons. The van der Waals surface area contributed by atoms with E-state index in [0.717, 1.165) is 27.5 Å². The molecule has 0 fully saturated rings. The molecule has 0 saturated carbocycles. The van der Waals surface area contributed by atoms with Crippen LogP contribution in [0.3, 0.4) is 0 Å². The molecule has 0 bridgehead atoms. The van der Waals surface area contributed by atoms with E-state index in [9.17, 15) is 0 Å². The summed E-state index contributed by atoms with van der Waals surface area (Å²) in [5.41, 5.74) is 3.88. The Balaban J connectivity index is 1.90. The van der Waals surface area contributed by atoms with Crippen LogP contribution < -0.4 is 5.32 Å². The summed E-state index contributed by atoms with van der Waals surface area (Å²) in [5.74, 6) is 0. The molecule has 2 aromatic carbocycles. The second-order valence-corrected chi connectivity index (χ2v) is 6.47. The van der Waals surface area contributed by atoms with Crippen molar-refractivity contribution < 1.29 is 0 Å². The second-order valence-electron chi connectivity index (χ2n) is 4.81. The highest BCUT2D eigenvalue weighted by molar-refractivity contribution is 8.13.